The molecular weight excluding hydrogens is 158 g/mol. The SMILES string of the molecule is CN(C)C(=O)C(=O)N[N+](C)(C)C. The van der Waals surface area contributed by atoms with E-state index < -0.39 is 11.8 Å². The first-order valence-electron chi connectivity index (χ1n) is 3.59. The van der Waals surface area contributed by atoms with Crippen LogP contribution in [0.3, 0.4) is 0 Å². The Hall–Kier alpha value is -1.10. The van der Waals surface area contributed by atoms with Gasteiger partial charge in [0, 0.05) is 14.1 Å². The van der Waals surface area contributed by atoms with E-state index in [0.29, 0.717) is 0 Å². The molecule has 70 valence electrons. The van der Waals surface area contributed by atoms with Gasteiger partial charge in [-0.3, -0.25) is 9.59 Å². The van der Waals surface area contributed by atoms with E-state index >= 15 is 0 Å². The van der Waals surface area contributed by atoms with Crippen LogP contribution in [-0.4, -0.2) is 56.5 Å². The van der Waals surface area contributed by atoms with Crippen LogP contribution in [0.2, 0.25) is 0 Å². The summed E-state index contributed by atoms with van der Waals surface area (Å²) in [4.78, 5) is 23.3. The number of hydrogen-bond donors (Lipinski definition) is 1. The fraction of sp³-hybridized carbons (Fsp3) is 0.714. The maximum atomic E-state index is 11.1. The highest BCUT2D eigenvalue weighted by molar-refractivity contribution is 6.34. The van der Waals surface area contributed by atoms with Crippen LogP contribution in [0.15, 0.2) is 0 Å². The third-order valence-electron chi connectivity index (χ3n) is 1.04. The second kappa shape index (κ2) is 3.53. The summed E-state index contributed by atoms with van der Waals surface area (Å²) in [5.74, 6) is -1.13. The average Bonchev–Trinajstić information content (AvgIpc) is 1.82. The monoisotopic (exact) mass is 174 g/mol. The largest absolute Gasteiger partial charge is 0.354 e. The van der Waals surface area contributed by atoms with Crippen LogP contribution >= 0.6 is 0 Å². The highest BCUT2D eigenvalue weighted by Crippen LogP contribution is 1.85. The first-order chi connectivity index (χ1) is 5.24. The van der Waals surface area contributed by atoms with Crippen molar-refractivity contribution in [1.82, 2.24) is 10.3 Å². The lowest BCUT2D eigenvalue weighted by Crippen LogP contribution is -2.55. The number of amides is 2. The third-order valence-corrected chi connectivity index (χ3v) is 1.04. The molecule has 0 heterocycles. The molecule has 12 heavy (non-hydrogen) atoms. The van der Waals surface area contributed by atoms with Gasteiger partial charge in [0.15, 0.2) is 0 Å². The van der Waals surface area contributed by atoms with Gasteiger partial charge in [-0.1, -0.05) is 0 Å². The molecule has 1 N–H and O–H groups in total. The summed E-state index contributed by atoms with van der Waals surface area (Å²) in [6.07, 6.45) is 0. The summed E-state index contributed by atoms with van der Waals surface area (Å²) < 4.78 is 0.235. The van der Waals surface area contributed by atoms with E-state index in [9.17, 15) is 9.59 Å². The summed E-state index contributed by atoms with van der Waals surface area (Å²) in [5.41, 5.74) is 2.51. The van der Waals surface area contributed by atoms with Crippen molar-refractivity contribution in [1.29, 1.82) is 0 Å². The van der Waals surface area contributed by atoms with Crippen molar-refractivity contribution >= 4 is 11.8 Å². The predicted molar refractivity (Wildman–Crippen MR) is 44.9 cm³/mol. The second-order valence-electron chi connectivity index (χ2n) is 3.65. The summed E-state index contributed by atoms with van der Waals surface area (Å²) in [7, 11) is 8.37. The van der Waals surface area contributed by atoms with Crippen LogP contribution in [0.25, 0.3) is 0 Å². The fourth-order valence-corrected chi connectivity index (χ4v) is 0.556. The molecule has 0 fully saturated rings. The molecule has 0 aromatic carbocycles. The summed E-state index contributed by atoms with van der Waals surface area (Å²) in [6, 6.07) is 0. The highest BCUT2D eigenvalue weighted by Gasteiger charge is 2.21. The Bertz CT molecular complexity index is 193. The Labute approximate surface area is 72.5 Å². The van der Waals surface area contributed by atoms with E-state index in [2.05, 4.69) is 5.43 Å². The number of likely N-dealkylation sites (N-methyl/N-ethyl adjacent to an activating group) is 1. The fourth-order valence-electron chi connectivity index (χ4n) is 0.556. The molecule has 0 aliphatic heterocycles. The topological polar surface area (TPSA) is 49.4 Å². The average molecular weight is 174 g/mol. The Morgan fingerprint density at radius 3 is 1.83 bits per heavy atom. The molecule has 2 amide bonds. The number of carbonyl (C=O) groups is 2. The zero-order valence-electron chi connectivity index (χ0n) is 8.21. The van der Waals surface area contributed by atoms with Gasteiger partial charge >= 0.3 is 11.8 Å². The van der Waals surface area contributed by atoms with Crippen LogP contribution in [0.5, 0.6) is 0 Å². The minimum Gasteiger partial charge on any atom is -0.340 e. The normalized spacial score (nSPS) is 10.8. The molecule has 0 aliphatic carbocycles. The molecule has 0 unspecified atom stereocenters. The summed E-state index contributed by atoms with van der Waals surface area (Å²) >= 11 is 0. The molecule has 0 aromatic rings. The Morgan fingerprint density at radius 2 is 1.58 bits per heavy atom. The van der Waals surface area contributed by atoms with E-state index in [4.69, 9.17) is 0 Å². The molecule has 0 aromatic heterocycles. The van der Waals surface area contributed by atoms with E-state index in [1.165, 1.54) is 19.0 Å². The lowest BCUT2D eigenvalue weighted by Gasteiger charge is -2.23. The number of carbonyl (C=O) groups excluding carboxylic acids is 2. The number of quaternary nitrogens is 1. The van der Waals surface area contributed by atoms with Crippen molar-refractivity contribution in [3.63, 3.8) is 0 Å². The zero-order valence-corrected chi connectivity index (χ0v) is 8.21. The molecule has 0 saturated carbocycles. The van der Waals surface area contributed by atoms with Gasteiger partial charge in [-0.25, -0.2) is 4.59 Å². The maximum absolute atomic E-state index is 11.1. The molecule has 0 bridgehead atoms. The van der Waals surface area contributed by atoms with Crippen molar-refractivity contribution < 1.29 is 14.2 Å². The standard InChI is InChI=1S/C7H15N3O2/c1-9(2)7(12)6(11)8-10(3,4)5/h1-5H3/p+1. The van der Waals surface area contributed by atoms with E-state index in [1.807, 2.05) is 0 Å². The summed E-state index contributed by atoms with van der Waals surface area (Å²) in [6.45, 7) is 0. The predicted octanol–water partition coefficient (Wildman–Crippen LogP) is -1.19. The van der Waals surface area contributed by atoms with Gasteiger partial charge in [-0.05, 0) is 0 Å². The van der Waals surface area contributed by atoms with Crippen molar-refractivity contribution in [2.24, 2.45) is 0 Å². The van der Waals surface area contributed by atoms with E-state index in [1.54, 1.807) is 21.1 Å². The number of nitrogens with one attached hydrogen (secondary N) is 1. The van der Waals surface area contributed by atoms with Gasteiger partial charge in [-0.15, -0.1) is 0 Å². The lowest BCUT2D eigenvalue weighted by atomic mass is 10.5. The van der Waals surface area contributed by atoms with Crippen LogP contribution in [0, 0.1) is 0 Å². The van der Waals surface area contributed by atoms with Crippen LogP contribution < -0.4 is 5.43 Å². The molecule has 0 saturated heterocycles. The molecular formula is C7H16N3O2+. The van der Waals surface area contributed by atoms with Crippen LogP contribution in [-0.2, 0) is 9.59 Å². The van der Waals surface area contributed by atoms with Gasteiger partial charge in [0.1, 0.15) is 0 Å². The molecule has 0 spiro atoms. The minimum atomic E-state index is -0.590. The summed E-state index contributed by atoms with van der Waals surface area (Å²) in [5, 5.41) is 0. The molecule has 0 radical (unpaired) electrons. The Morgan fingerprint density at radius 1 is 1.17 bits per heavy atom. The molecule has 0 rings (SSSR count). The van der Waals surface area contributed by atoms with E-state index in [0.717, 1.165) is 0 Å². The molecule has 5 heteroatoms. The number of hydrogen-bond acceptors (Lipinski definition) is 2. The number of rotatable bonds is 1. The zero-order chi connectivity index (χ0) is 9.94. The van der Waals surface area contributed by atoms with Gasteiger partial charge in [0.2, 0.25) is 0 Å². The van der Waals surface area contributed by atoms with Crippen molar-refractivity contribution in [3.8, 4) is 0 Å². The van der Waals surface area contributed by atoms with Crippen molar-refractivity contribution in [2.75, 3.05) is 35.2 Å². The van der Waals surface area contributed by atoms with Crippen LogP contribution in [0.1, 0.15) is 0 Å². The Balaban J connectivity index is 4.15. The Kier molecular flexibility index (Phi) is 3.21. The van der Waals surface area contributed by atoms with Crippen LogP contribution in [0.4, 0.5) is 0 Å². The smallest absolute Gasteiger partial charge is 0.340 e. The van der Waals surface area contributed by atoms with Crippen molar-refractivity contribution in [2.45, 2.75) is 0 Å². The van der Waals surface area contributed by atoms with Gasteiger partial charge in [0.25, 0.3) is 0 Å². The first-order valence-corrected chi connectivity index (χ1v) is 3.59. The third kappa shape index (κ3) is 3.92. The van der Waals surface area contributed by atoms with Gasteiger partial charge in [-0.2, -0.15) is 5.43 Å². The molecule has 0 aliphatic rings. The number of nitrogens with zero attached hydrogens (tertiary/aromatic N) is 2. The second-order valence-corrected chi connectivity index (χ2v) is 3.65. The minimum absolute atomic E-state index is 0.235. The van der Waals surface area contributed by atoms with Gasteiger partial charge < -0.3 is 4.90 Å². The van der Waals surface area contributed by atoms with Crippen molar-refractivity contribution in [3.05, 3.63) is 0 Å². The van der Waals surface area contributed by atoms with E-state index in [-0.39, 0.29) is 4.59 Å². The maximum Gasteiger partial charge on any atom is 0.354 e. The first kappa shape index (κ1) is 10.9. The lowest BCUT2D eigenvalue weighted by molar-refractivity contribution is -0.905. The molecule has 0 atom stereocenters. The quantitative estimate of drug-likeness (QED) is 0.309. The molecule has 5 nitrogen and oxygen atoms in total. The highest BCUT2D eigenvalue weighted by atomic mass is 16.2. The van der Waals surface area contributed by atoms with Gasteiger partial charge in [0.05, 0.1) is 21.1 Å².